The fourth-order valence-corrected chi connectivity index (χ4v) is 2.06. The van der Waals surface area contributed by atoms with Gasteiger partial charge in [-0.3, -0.25) is 4.79 Å². The topological polar surface area (TPSA) is 88.2 Å². The summed E-state index contributed by atoms with van der Waals surface area (Å²) in [6.07, 6.45) is 0.662. The van der Waals surface area contributed by atoms with Gasteiger partial charge in [0.25, 0.3) is 0 Å². The predicted molar refractivity (Wildman–Crippen MR) is 81.5 cm³/mol. The normalized spacial score (nSPS) is 14.4. The molecule has 1 rings (SSSR count). The lowest BCUT2D eigenvalue weighted by Crippen LogP contribution is -2.43. The van der Waals surface area contributed by atoms with E-state index in [1.165, 1.54) is 0 Å². The van der Waals surface area contributed by atoms with Crippen LogP contribution in [0.3, 0.4) is 0 Å². The van der Waals surface area contributed by atoms with E-state index in [9.17, 15) is 4.79 Å². The Labute approximate surface area is 125 Å². The number of carbonyl (C=O) groups is 1. The Morgan fingerprint density at radius 3 is 2.62 bits per heavy atom. The Morgan fingerprint density at radius 1 is 1.43 bits per heavy atom. The fourth-order valence-electron chi connectivity index (χ4n) is 2.06. The van der Waals surface area contributed by atoms with Gasteiger partial charge in [0.15, 0.2) is 5.84 Å². The van der Waals surface area contributed by atoms with Crippen LogP contribution in [-0.4, -0.2) is 42.0 Å². The van der Waals surface area contributed by atoms with Crippen molar-refractivity contribution < 1.29 is 14.7 Å². The highest BCUT2D eigenvalue weighted by atomic mass is 16.5. The molecule has 0 saturated carbocycles. The maximum Gasteiger partial charge on any atom is 0.233 e. The molecule has 0 fully saturated rings. The number of hydrogen-bond donors (Lipinski definition) is 2. The molecule has 21 heavy (non-hydrogen) atoms. The van der Waals surface area contributed by atoms with Gasteiger partial charge >= 0.3 is 0 Å². The van der Waals surface area contributed by atoms with Gasteiger partial charge in [0.05, 0.1) is 13.0 Å². The van der Waals surface area contributed by atoms with Crippen LogP contribution in [0, 0.1) is 5.92 Å². The smallest absolute Gasteiger partial charge is 0.233 e. The quantitative estimate of drug-likeness (QED) is 0.360. The Kier molecular flexibility index (Phi) is 6.02. The van der Waals surface area contributed by atoms with Crippen molar-refractivity contribution in [2.75, 3.05) is 14.2 Å². The maximum atomic E-state index is 12.3. The van der Waals surface area contributed by atoms with E-state index in [0.29, 0.717) is 6.42 Å². The summed E-state index contributed by atoms with van der Waals surface area (Å²) in [5.74, 6) is -0.126. The van der Waals surface area contributed by atoms with E-state index in [1.54, 1.807) is 26.0 Å². The van der Waals surface area contributed by atoms with E-state index >= 15 is 0 Å². The van der Waals surface area contributed by atoms with Crippen LogP contribution >= 0.6 is 0 Å². The van der Waals surface area contributed by atoms with Crippen LogP contribution < -0.4 is 10.5 Å². The Bertz CT molecular complexity index is 517. The number of rotatable bonds is 6. The lowest BCUT2D eigenvalue weighted by atomic mass is 10.0. The highest BCUT2D eigenvalue weighted by molar-refractivity contribution is 6.01. The number of oxime groups is 1. The number of hydrogen-bond acceptors (Lipinski definition) is 4. The lowest BCUT2D eigenvalue weighted by molar-refractivity contribution is -0.133. The summed E-state index contributed by atoms with van der Waals surface area (Å²) < 4.78 is 5.31. The van der Waals surface area contributed by atoms with Crippen LogP contribution in [0.1, 0.15) is 19.4 Å². The van der Waals surface area contributed by atoms with Crippen molar-refractivity contribution in [3.63, 3.8) is 0 Å². The number of amidine groups is 1. The zero-order chi connectivity index (χ0) is 16.0. The van der Waals surface area contributed by atoms with Crippen LogP contribution in [-0.2, 0) is 11.2 Å². The number of nitrogens with two attached hydrogens (primary N) is 1. The molecule has 1 aromatic rings. The SMILES string of the molecule is COc1ccccc1CC(C)N(C)C(=O)C(C)C(N)=NO. The lowest BCUT2D eigenvalue weighted by Gasteiger charge is -2.27. The highest BCUT2D eigenvalue weighted by Gasteiger charge is 2.25. The monoisotopic (exact) mass is 293 g/mol. The maximum absolute atomic E-state index is 12.3. The van der Waals surface area contributed by atoms with Gasteiger partial charge < -0.3 is 20.6 Å². The number of benzene rings is 1. The van der Waals surface area contributed by atoms with Gasteiger partial charge in [-0.05, 0) is 31.9 Å². The van der Waals surface area contributed by atoms with Gasteiger partial charge in [0.1, 0.15) is 5.75 Å². The van der Waals surface area contributed by atoms with Crippen molar-refractivity contribution in [1.29, 1.82) is 0 Å². The minimum absolute atomic E-state index is 0.0391. The zero-order valence-corrected chi connectivity index (χ0v) is 12.9. The van der Waals surface area contributed by atoms with Crippen molar-refractivity contribution in [3.8, 4) is 5.75 Å². The van der Waals surface area contributed by atoms with Crippen molar-refractivity contribution in [1.82, 2.24) is 4.90 Å². The first-order valence-electron chi connectivity index (χ1n) is 6.78. The second-order valence-corrected chi connectivity index (χ2v) is 5.06. The molecule has 116 valence electrons. The van der Waals surface area contributed by atoms with Crippen LogP contribution in [0.25, 0.3) is 0 Å². The average Bonchev–Trinajstić information content (AvgIpc) is 2.52. The molecule has 2 atom stereocenters. The van der Waals surface area contributed by atoms with Gasteiger partial charge in [-0.1, -0.05) is 23.4 Å². The Balaban J connectivity index is 2.79. The zero-order valence-electron chi connectivity index (χ0n) is 12.9. The predicted octanol–water partition coefficient (Wildman–Crippen LogP) is 1.47. The molecule has 1 aromatic carbocycles. The minimum atomic E-state index is -0.653. The highest BCUT2D eigenvalue weighted by Crippen LogP contribution is 2.20. The van der Waals surface area contributed by atoms with E-state index in [0.717, 1.165) is 11.3 Å². The molecule has 0 saturated heterocycles. The number of nitrogens with zero attached hydrogens (tertiary/aromatic N) is 2. The molecule has 6 heteroatoms. The van der Waals surface area contributed by atoms with Crippen LogP contribution in [0.2, 0.25) is 0 Å². The third-order valence-electron chi connectivity index (χ3n) is 3.65. The van der Waals surface area contributed by atoms with Crippen molar-refractivity contribution in [2.45, 2.75) is 26.3 Å². The summed E-state index contributed by atoms with van der Waals surface area (Å²) in [4.78, 5) is 13.9. The van der Waals surface area contributed by atoms with Gasteiger partial charge in [-0.25, -0.2) is 0 Å². The Morgan fingerprint density at radius 2 is 2.05 bits per heavy atom. The molecular formula is C15H23N3O3. The van der Waals surface area contributed by atoms with E-state index in [-0.39, 0.29) is 17.8 Å². The second-order valence-electron chi connectivity index (χ2n) is 5.06. The fraction of sp³-hybridized carbons (Fsp3) is 0.467. The largest absolute Gasteiger partial charge is 0.496 e. The van der Waals surface area contributed by atoms with Crippen LogP contribution in [0.15, 0.2) is 29.4 Å². The van der Waals surface area contributed by atoms with Crippen LogP contribution in [0.5, 0.6) is 5.75 Å². The first kappa shape index (κ1) is 16.8. The first-order valence-corrected chi connectivity index (χ1v) is 6.78. The molecule has 1 amide bonds. The summed E-state index contributed by atoms with van der Waals surface area (Å²) in [5.41, 5.74) is 6.52. The van der Waals surface area contributed by atoms with Gasteiger partial charge in [-0.15, -0.1) is 0 Å². The summed E-state index contributed by atoms with van der Waals surface area (Å²) in [6.45, 7) is 3.56. The van der Waals surface area contributed by atoms with Crippen LogP contribution in [0.4, 0.5) is 0 Å². The summed E-state index contributed by atoms with van der Waals surface area (Å²) in [6, 6.07) is 7.67. The molecule has 0 heterocycles. The summed E-state index contributed by atoms with van der Waals surface area (Å²) in [7, 11) is 3.34. The molecule has 0 aliphatic carbocycles. The standard InChI is InChI=1S/C15H23N3O3/c1-10(9-12-7-5-6-8-13(12)21-4)18(3)15(19)11(2)14(16)17-20/h5-8,10-11,20H,9H2,1-4H3,(H2,16,17). The number of likely N-dealkylation sites (N-methyl/N-ethyl adjacent to an activating group) is 1. The second kappa shape index (κ2) is 7.52. The number of carbonyl (C=O) groups excluding carboxylic acids is 1. The molecule has 0 bridgehead atoms. The molecule has 0 spiro atoms. The number of methoxy groups -OCH3 is 1. The number of amides is 1. The van der Waals surface area contributed by atoms with E-state index < -0.39 is 5.92 Å². The Hall–Kier alpha value is -2.24. The summed E-state index contributed by atoms with van der Waals surface area (Å²) in [5, 5.41) is 11.5. The first-order chi connectivity index (χ1) is 9.92. The van der Waals surface area contributed by atoms with E-state index in [2.05, 4.69) is 5.16 Å². The number of ether oxygens (including phenoxy) is 1. The molecule has 0 aromatic heterocycles. The van der Waals surface area contributed by atoms with E-state index in [4.69, 9.17) is 15.7 Å². The van der Waals surface area contributed by atoms with E-state index in [1.807, 2.05) is 31.2 Å². The van der Waals surface area contributed by atoms with Gasteiger partial charge in [-0.2, -0.15) is 0 Å². The van der Waals surface area contributed by atoms with Crippen molar-refractivity contribution >= 4 is 11.7 Å². The van der Waals surface area contributed by atoms with Crippen molar-refractivity contribution in [2.24, 2.45) is 16.8 Å². The molecule has 3 N–H and O–H groups in total. The third kappa shape index (κ3) is 4.11. The number of para-hydroxylation sites is 1. The van der Waals surface area contributed by atoms with Crippen molar-refractivity contribution in [3.05, 3.63) is 29.8 Å². The minimum Gasteiger partial charge on any atom is -0.496 e. The molecule has 0 aliphatic heterocycles. The molecular weight excluding hydrogens is 270 g/mol. The molecule has 2 unspecified atom stereocenters. The third-order valence-corrected chi connectivity index (χ3v) is 3.65. The molecule has 0 aliphatic rings. The summed E-state index contributed by atoms with van der Waals surface area (Å²) >= 11 is 0. The van der Waals surface area contributed by atoms with Gasteiger partial charge in [0.2, 0.25) is 5.91 Å². The average molecular weight is 293 g/mol. The molecule has 6 nitrogen and oxygen atoms in total. The van der Waals surface area contributed by atoms with Gasteiger partial charge in [0, 0.05) is 13.1 Å². The molecule has 0 radical (unpaired) electrons.